The van der Waals surface area contributed by atoms with Gasteiger partial charge in [0, 0.05) is 18.2 Å². The van der Waals surface area contributed by atoms with Crippen molar-refractivity contribution in [2.75, 3.05) is 13.6 Å². The van der Waals surface area contributed by atoms with Crippen LogP contribution in [0.4, 0.5) is 0 Å². The molecule has 3 aromatic carbocycles. The normalized spacial score (nSPS) is 17.2. The van der Waals surface area contributed by atoms with Crippen LogP contribution >= 0.6 is 0 Å². The Bertz CT molecular complexity index is 1090. The van der Waals surface area contributed by atoms with Gasteiger partial charge in [-0.15, -0.1) is 0 Å². The summed E-state index contributed by atoms with van der Waals surface area (Å²) < 4.78 is 0. The van der Waals surface area contributed by atoms with Gasteiger partial charge in [0.05, 0.1) is 0 Å². The monoisotopic (exact) mass is 383 g/mol. The Balaban J connectivity index is 1.62. The molecule has 0 radical (unpaired) electrons. The number of nitrogens with zero attached hydrogens (tertiary/aromatic N) is 1. The summed E-state index contributed by atoms with van der Waals surface area (Å²) in [5, 5.41) is 9.86. The lowest BCUT2D eigenvalue weighted by Crippen LogP contribution is -2.35. The molecule has 3 N–H and O–H groups in total. The van der Waals surface area contributed by atoms with Gasteiger partial charge >= 0.3 is 0 Å². The molecule has 3 aromatic rings. The Morgan fingerprint density at radius 2 is 1.66 bits per heavy atom. The van der Waals surface area contributed by atoms with Gasteiger partial charge in [-0.25, -0.2) is 0 Å². The highest BCUT2D eigenvalue weighted by molar-refractivity contribution is 5.99. The number of nitrogen functional groups attached to an aromatic ring is 1. The summed E-state index contributed by atoms with van der Waals surface area (Å²) >= 11 is 0. The average Bonchev–Trinajstić information content (AvgIpc) is 2.71. The molecule has 4 rings (SSSR count). The fourth-order valence-corrected chi connectivity index (χ4v) is 4.49. The molecule has 0 fully saturated rings. The van der Waals surface area contributed by atoms with Crippen LogP contribution in [0.3, 0.4) is 0 Å². The smallest absolute Gasteiger partial charge is 0.122 e. The van der Waals surface area contributed by atoms with Crippen molar-refractivity contribution >= 4 is 28.8 Å². The predicted octanol–water partition coefficient (Wildman–Crippen LogP) is 5.48. The first-order chi connectivity index (χ1) is 13.9. The highest BCUT2D eigenvalue weighted by Gasteiger charge is 2.27. The molecule has 0 spiro atoms. The molecule has 0 bridgehead atoms. The molecule has 3 heteroatoms. The fourth-order valence-electron chi connectivity index (χ4n) is 4.49. The number of amidine groups is 1. The van der Waals surface area contributed by atoms with Crippen LogP contribution in [0.15, 0.2) is 54.6 Å². The lowest BCUT2D eigenvalue weighted by atomic mass is 9.85. The molecule has 1 unspecified atom stereocenters. The SMILES string of the molecule is CC(C)C1c2cc(C=Cc3ccc4cc(C(=N)N)ccc4c3)ccc2CCN1C. The van der Waals surface area contributed by atoms with Crippen molar-refractivity contribution in [2.45, 2.75) is 26.3 Å². The van der Waals surface area contributed by atoms with Crippen LogP contribution in [0.1, 0.15) is 47.7 Å². The minimum atomic E-state index is 0.105. The first-order valence-electron chi connectivity index (χ1n) is 10.3. The molecule has 148 valence electrons. The molecule has 1 aliphatic rings. The number of benzene rings is 3. The van der Waals surface area contributed by atoms with Crippen molar-refractivity contribution in [1.29, 1.82) is 5.41 Å². The Morgan fingerprint density at radius 1 is 1.00 bits per heavy atom. The highest BCUT2D eigenvalue weighted by Crippen LogP contribution is 2.35. The van der Waals surface area contributed by atoms with E-state index in [1.54, 1.807) is 0 Å². The van der Waals surface area contributed by atoms with E-state index in [0.29, 0.717) is 12.0 Å². The van der Waals surface area contributed by atoms with Gasteiger partial charge in [-0.2, -0.15) is 0 Å². The maximum atomic E-state index is 7.60. The van der Waals surface area contributed by atoms with Crippen LogP contribution in [0.2, 0.25) is 0 Å². The van der Waals surface area contributed by atoms with E-state index in [2.05, 4.69) is 74.3 Å². The average molecular weight is 384 g/mol. The molecular weight excluding hydrogens is 354 g/mol. The molecule has 0 saturated heterocycles. The van der Waals surface area contributed by atoms with Crippen molar-refractivity contribution in [3.05, 3.63) is 82.4 Å². The third-order valence-electron chi connectivity index (χ3n) is 5.97. The highest BCUT2D eigenvalue weighted by atomic mass is 15.1. The van der Waals surface area contributed by atoms with Crippen molar-refractivity contribution in [2.24, 2.45) is 11.7 Å². The molecule has 3 nitrogen and oxygen atoms in total. The Kier molecular flexibility index (Phi) is 5.25. The quantitative estimate of drug-likeness (QED) is 0.356. The number of nitrogens with two attached hydrogens (primary N) is 1. The Labute approximate surface area is 173 Å². The Morgan fingerprint density at radius 3 is 2.38 bits per heavy atom. The Hall–Kier alpha value is -2.91. The second-order valence-corrected chi connectivity index (χ2v) is 8.45. The fraction of sp³-hybridized carbons (Fsp3) is 0.269. The number of likely N-dealkylation sites (N-methyl/N-ethyl adjacent to an activating group) is 1. The molecule has 0 aromatic heterocycles. The molecule has 1 atom stereocenters. The lowest BCUT2D eigenvalue weighted by molar-refractivity contribution is 0.181. The van der Waals surface area contributed by atoms with E-state index in [4.69, 9.17) is 11.1 Å². The van der Waals surface area contributed by atoms with E-state index in [1.165, 1.54) is 22.3 Å². The number of hydrogen-bond acceptors (Lipinski definition) is 2. The van der Waals surface area contributed by atoms with Crippen molar-refractivity contribution in [3.8, 4) is 0 Å². The van der Waals surface area contributed by atoms with Gasteiger partial charge in [-0.3, -0.25) is 10.3 Å². The van der Waals surface area contributed by atoms with Crippen LogP contribution in [0.5, 0.6) is 0 Å². The number of hydrogen-bond donors (Lipinski definition) is 2. The molecule has 0 saturated carbocycles. The molecule has 1 aliphatic heterocycles. The van der Waals surface area contributed by atoms with Crippen molar-refractivity contribution in [1.82, 2.24) is 4.90 Å². The summed E-state index contributed by atoms with van der Waals surface area (Å²) in [6.07, 6.45) is 5.51. The van der Waals surface area contributed by atoms with Crippen molar-refractivity contribution < 1.29 is 0 Å². The minimum Gasteiger partial charge on any atom is -0.384 e. The first kappa shape index (κ1) is 19.4. The summed E-state index contributed by atoms with van der Waals surface area (Å²) in [4.78, 5) is 2.49. The zero-order valence-corrected chi connectivity index (χ0v) is 17.4. The van der Waals surface area contributed by atoms with E-state index in [-0.39, 0.29) is 5.84 Å². The second kappa shape index (κ2) is 7.84. The standard InChI is InChI=1S/C26H29N3/c1-17(2)25-24-15-19(6-8-20(24)12-13-29(25)3)5-4-18-7-9-22-16-23(26(27)28)11-10-21(22)14-18/h4-11,14-17,25H,12-13H2,1-3H3,(H3,27,28). The topological polar surface area (TPSA) is 53.1 Å². The lowest BCUT2D eigenvalue weighted by Gasteiger charge is -2.37. The summed E-state index contributed by atoms with van der Waals surface area (Å²) in [6, 6.07) is 19.7. The van der Waals surface area contributed by atoms with E-state index in [1.807, 2.05) is 18.2 Å². The third-order valence-corrected chi connectivity index (χ3v) is 5.97. The van der Waals surface area contributed by atoms with E-state index in [0.717, 1.165) is 29.3 Å². The molecule has 0 aliphatic carbocycles. The van der Waals surface area contributed by atoms with Crippen LogP contribution in [-0.2, 0) is 6.42 Å². The number of nitrogens with one attached hydrogen (secondary N) is 1. The van der Waals surface area contributed by atoms with Gasteiger partial charge in [0.15, 0.2) is 0 Å². The maximum absolute atomic E-state index is 7.60. The number of fused-ring (bicyclic) bond motifs is 2. The molecule has 29 heavy (non-hydrogen) atoms. The summed E-state index contributed by atoms with van der Waals surface area (Å²) in [6.45, 7) is 5.75. The van der Waals surface area contributed by atoms with Crippen LogP contribution in [0, 0.1) is 11.3 Å². The summed E-state index contributed by atoms with van der Waals surface area (Å²) in [5.74, 6) is 0.701. The molecular formula is C26H29N3. The zero-order chi connectivity index (χ0) is 20.5. The molecule has 1 heterocycles. The van der Waals surface area contributed by atoms with Gasteiger partial charge in [-0.1, -0.05) is 62.4 Å². The summed E-state index contributed by atoms with van der Waals surface area (Å²) in [5.41, 5.74) is 11.8. The minimum absolute atomic E-state index is 0.105. The van der Waals surface area contributed by atoms with Gasteiger partial charge in [-0.05, 0) is 70.6 Å². The van der Waals surface area contributed by atoms with Crippen LogP contribution in [-0.4, -0.2) is 24.3 Å². The van der Waals surface area contributed by atoms with Crippen molar-refractivity contribution in [3.63, 3.8) is 0 Å². The van der Waals surface area contributed by atoms with E-state index < -0.39 is 0 Å². The van der Waals surface area contributed by atoms with Gasteiger partial charge in [0.1, 0.15) is 5.84 Å². The van der Waals surface area contributed by atoms with Crippen LogP contribution < -0.4 is 5.73 Å². The van der Waals surface area contributed by atoms with E-state index >= 15 is 0 Å². The van der Waals surface area contributed by atoms with Gasteiger partial charge in [0.2, 0.25) is 0 Å². The second-order valence-electron chi connectivity index (χ2n) is 8.45. The number of rotatable bonds is 4. The van der Waals surface area contributed by atoms with Crippen LogP contribution in [0.25, 0.3) is 22.9 Å². The third kappa shape index (κ3) is 3.96. The zero-order valence-electron chi connectivity index (χ0n) is 17.4. The maximum Gasteiger partial charge on any atom is 0.122 e. The predicted molar refractivity (Wildman–Crippen MR) is 124 cm³/mol. The first-order valence-corrected chi connectivity index (χ1v) is 10.3. The van der Waals surface area contributed by atoms with Gasteiger partial charge in [0.25, 0.3) is 0 Å². The summed E-state index contributed by atoms with van der Waals surface area (Å²) in [7, 11) is 2.24. The van der Waals surface area contributed by atoms with E-state index in [9.17, 15) is 0 Å². The largest absolute Gasteiger partial charge is 0.384 e. The molecule has 0 amide bonds. The van der Waals surface area contributed by atoms with Gasteiger partial charge < -0.3 is 5.73 Å².